The van der Waals surface area contributed by atoms with Crippen LogP contribution < -0.4 is 5.32 Å². The first-order valence-corrected chi connectivity index (χ1v) is 5.01. The second-order valence-corrected chi connectivity index (χ2v) is 3.63. The highest BCUT2D eigenvalue weighted by atomic mass is 16.4. The third-order valence-electron chi connectivity index (χ3n) is 2.29. The Labute approximate surface area is 89.3 Å². The standard InChI is InChI=1S/C11H16N2O2/c1-4-7(2)13-10-5-8(3)12-6-9(10)11(14)15/h5-7H,4H2,1-3H3,(H,12,13)(H,14,15). The number of nitrogens with one attached hydrogen (secondary N) is 1. The highest BCUT2D eigenvalue weighted by Gasteiger charge is 2.11. The van der Waals surface area contributed by atoms with Gasteiger partial charge >= 0.3 is 5.97 Å². The number of rotatable bonds is 4. The van der Waals surface area contributed by atoms with E-state index in [1.54, 1.807) is 6.07 Å². The van der Waals surface area contributed by atoms with Crippen LogP contribution in [-0.4, -0.2) is 22.1 Å². The largest absolute Gasteiger partial charge is 0.478 e. The average molecular weight is 208 g/mol. The van der Waals surface area contributed by atoms with E-state index in [4.69, 9.17) is 5.11 Å². The topological polar surface area (TPSA) is 62.2 Å². The van der Waals surface area contributed by atoms with Crippen LogP contribution in [-0.2, 0) is 0 Å². The maximum absolute atomic E-state index is 10.9. The van der Waals surface area contributed by atoms with Crippen LogP contribution in [0, 0.1) is 6.92 Å². The fraction of sp³-hybridized carbons (Fsp3) is 0.455. The van der Waals surface area contributed by atoms with Crippen molar-refractivity contribution in [1.82, 2.24) is 4.98 Å². The second-order valence-electron chi connectivity index (χ2n) is 3.63. The van der Waals surface area contributed by atoms with E-state index in [0.29, 0.717) is 5.69 Å². The van der Waals surface area contributed by atoms with Gasteiger partial charge in [0, 0.05) is 17.9 Å². The maximum atomic E-state index is 10.9. The third kappa shape index (κ3) is 2.94. The number of pyridine rings is 1. The van der Waals surface area contributed by atoms with Crippen molar-refractivity contribution in [2.45, 2.75) is 33.2 Å². The number of nitrogens with zero attached hydrogens (tertiary/aromatic N) is 1. The fourth-order valence-corrected chi connectivity index (χ4v) is 1.22. The summed E-state index contributed by atoms with van der Waals surface area (Å²) >= 11 is 0. The zero-order valence-electron chi connectivity index (χ0n) is 9.24. The maximum Gasteiger partial charge on any atom is 0.339 e. The smallest absolute Gasteiger partial charge is 0.339 e. The van der Waals surface area contributed by atoms with Crippen molar-refractivity contribution in [1.29, 1.82) is 0 Å². The van der Waals surface area contributed by atoms with Crippen molar-refractivity contribution < 1.29 is 9.90 Å². The lowest BCUT2D eigenvalue weighted by atomic mass is 10.1. The minimum Gasteiger partial charge on any atom is -0.478 e. The molecular weight excluding hydrogens is 192 g/mol. The molecule has 0 amide bonds. The van der Waals surface area contributed by atoms with Crippen molar-refractivity contribution in [3.63, 3.8) is 0 Å². The number of anilines is 1. The monoisotopic (exact) mass is 208 g/mol. The molecule has 0 aliphatic carbocycles. The predicted octanol–water partition coefficient (Wildman–Crippen LogP) is 2.30. The Hall–Kier alpha value is -1.58. The van der Waals surface area contributed by atoms with Gasteiger partial charge in [-0.1, -0.05) is 6.92 Å². The molecule has 0 aromatic carbocycles. The Kier molecular flexibility index (Phi) is 3.66. The predicted molar refractivity (Wildman–Crippen MR) is 59.3 cm³/mol. The number of carboxylic acid groups (broad SMARTS) is 1. The first kappa shape index (κ1) is 11.5. The van der Waals surface area contributed by atoms with Crippen LogP contribution in [0.4, 0.5) is 5.69 Å². The Bertz CT molecular complexity index is 364. The molecule has 15 heavy (non-hydrogen) atoms. The van der Waals surface area contributed by atoms with Crippen LogP contribution in [0.25, 0.3) is 0 Å². The number of hydrogen-bond donors (Lipinski definition) is 2. The van der Waals surface area contributed by atoms with Gasteiger partial charge in [-0.2, -0.15) is 0 Å². The van der Waals surface area contributed by atoms with Crippen molar-refractivity contribution in [3.05, 3.63) is 23.5 Å². The minimum atomic E-state index is -0.951. The van der Waals surface area contributed by atoms with Crippen LogP contribution in [0.3, 0.4) is 0 Å². The van der Waals surface area contributed by atoms with Gasteiger partial charge < -0.3 is 10.4 Å². The molecule has 4 heteroatoms. The zero-order chi connectivity index (χ0) is 11.4. The molecule has 0 aliphatic rings. The van der Waals surface area contributed by atoms with Gasteiger partial charge in [0.15, 0.2) is 0 Å². The van der Waals surface area contributed by atoms with Crippen molar-refractivity contribution >= 4 is 11.7 Å². The Morgan fingerprint density at radius 3 is 2.87 bits per heavy atom. The number of aromatic carboxylic acids is 1. The van der Waals surface area contributed by atoms with Gasteiger partial charge in [0.2, 0.25) is 0 Å². The number of aryl methyl sites for hydroxylation is 1. The molecule has 1 atom stereocenters. The van der Waals surface area contributed by atoms with Crippen molar-refractivity contribution in [2.24, 2.45) is 0 Å². The molecule has 1 heterocycles. The van der Waals surface area contributed by atoms with Gasteiger partial charge in [0.25, 0.3) is 0 Å². The van der Waals surface area contributed by atoms with Gasteiger partial charge in [0.05, 0.1) is 5.69 Å². The molecule has 1 unspecified atom stereocenters. The summed E-state index contributed by atoms with van der Waals surface area (Å²) in [7, 11) is 0. The molecule has 0 bridgehead atoms. The SMILES string of the molecule is CCC(C)Nc1cc(C)ncc1C(=O)O. The summed E-state index contributed by atoms with van der Waals surface area (Å²) in [4.78, 5) is 14.9. The molecule has 1 rings (SSSR count). The van der Waals surface area contributed by atoms with E-state index < -0.39 is 5.97 Å². The molecular formula is C11H16N2O2. The van der Waals surface area contributed by atoms with Crippen LogP contribution >= 0.6 is 0 Å². The molecule has 0 spiro atoms. The number of hydrogen-bond acceptors (Lipinski definition) is 3. The Balaban J connectivity index is 3.02. The summed E-state index contributed by atoms with van der Waals surface area (Å²) in [5.41, 5.74) is 1.68. The lowest BCUT2D eigenvalue weighted by Crippen LogP contribution is -2.16. The summed E-state index contributed by atoms with van der Waals surface area (Å²) in [5, 5.41) is 12.1. The molecule has 0 fully saturated rings. The van der Waals surface area contributed by atoms with E-state index in [1.807, 2.05) is 20.8 Å². The first-order chi connectivity index (χ1) is 7.04. The van der Waals surface area contributed by atoms with E-state index >= 15 is 0 Å². The summed E-state index contributed by atoms with van der Waals surface area (Å²) in [6.45, 7) is 5.90. The van der Waals surface area contributed by atoms with Gasteiger partial charge in [0.1, 0.15) is 5.56 Å². The highest BCUT2D eigenvalue weighted by Crippen LogP contribution is 2.17. The van der Waals surface area contributed by atoms with Crippen LogP contribution in [0.5, 0.6) is 0 Å². The van der Waals surface area contributed by atoms with Crippen molar-refractivity contribution in [2.75, 3.05) is 5.32 Å². The first-order valence-electron chi connectivity index (χ1n) is 5.01. The van der Waals surface area contributed by atoms with E-state index in [2.05, 4.69) is 10.3 Å². The third-order valence-corrected chi connectivity index (χ3v) is 2.29. The zero-order valence-corrected chi connectivity index (χ0v) is 9.24. The summed E-state index contributed by atoms with van der Waals surface area (Å²) in [6.07, 6.45) is 2.34. The minimum absolute atomic E-state index is 0.223. The van der Waals surface area contributed by atoms with E-state index in [-0.39, 0.29) is 11.6 Å². The molecule has 82 valence electrons. The molecule has 0 saturated heterocycles. The van der Waals surface area contributed by atoms with E-state index in [9.17, 15) is 4.79 Å². The second kappa shape index (κ2) is 4.77. The van der Waals surface area contributed by atoms with Gasteiger partial charge in [-0.3, -0.25) is 4.98 Å². The lowest BCUT2D eigenvalue weighted by Gasteiger charge is -2.15. The number of carboxylic acids is 1. The number of carbonyl (C=O) groups is 1. The van der Waals surface area contributed by atoms with Crippen molar-refractivity contribution in [3.8, 4) is 0 Å². The molecule has 4 nitrogen and oxygen atoms in total. The van der Waals surface area contributed by atoms with E-state index in [0.717, 1.165) is 12.1 Å². The highest BCUT2D eigenvalue weighted by molar-refractivity contribution is 5.93. The summed E-state index contributed by atoms with van der Waals surface area (Å²) in [5.74, 6) is -0.951. The quantitative estimate of drug-likeness (QED) is 0.797. The average Bonchev–Trinajstić information content (AvgIpc) is 2.17. The summed E-state index contributed by atoms with van der Waals surface area (Å²) in [6, 6.07) is 2.01. The van der Waals surface area contributed by atoms with Crippen LogP contribution in [0.15, 0.2) is 12.3 Å². The summed E-state index contributed by atoms with van der Waals surface area (Å²) < 4.78 is 0. The van der Waals surface area contributed by atoms with Gasteiger partial charge in [-0.05, 0) is 26.3 Å². The van der Waals surface area contributed by atoms with E-state index in [1.165, 1.54) is 6.20 Å². The molecule has 1 aromatic rings. The van der Waals surface area contributed by atoms with Crippen LogP contribution in [0.1, 0.15) is 36.3 Å². The molecule has 0 aliphatic heterocycles. The normalized spacial score (nSPS) is 12.2. The fourth-order valence-electron chi connectivity index (χ4n) is 1.22. The van der Waals surface area contributed by atoms with Gasteiger partial charge in [-0.15, -0.1) is 0 Å². The number of aromatic nitrogens is 1. The van der Waals surface area contributed by atoms with Gasteiger partial charge in [-0.25, -0.2) is 4.79 Å². The molecule has 1 aromatic heterocycles. The lowest BCUT2D eigenvalue weighted by molar-refractivity contribution is 0.0697. The molecule has 0 radical (unpaired) electrons. The Morgan fingerprint density at radius 1 is 1.67 bits per heavy atom. The Morgan fingerprint density at radius 2 is 2.33 bits per heavy atom. The van der Waals surface area contributed by atoms with Crippen LogP contribution in [0.2, 0.25) is 0 Å². The molecule has 2 N–H and O–H groups in total. The molecule has 0 saturated carbocycles.